The lowest BCUT2D eigenvalue weighted by Crippen LogP contribution is -2.27. The third kappa shape index (κ3) is 6.02. The van der Waals surface area contributed by atoms with Crippen LogP contribution in [0.15, 0.2) is 36.4 Å². The molecule has 0 aromatic heterocycles. The Labute approximate surface area is 160 Å². The van der Waals surface area contributed by atoms with Gasteiger partial charge in [-0.2, -0.15) is 0 Å². The maximum atomic E-state index is 14.7. The molecule has 0 saturated carbocycles. The first-order chi connectivity index (χ1) is 13.1. The Morgan fingerprint density at radius 1 is 0.815 bits per heavy atom. The third-order valence-corrected chi connectivity index (χ3v) is 4.46. The van der Waals surface area contributed by atoms with E-state index in [4.69, 9.17) is 0 Å². The molecular weight excluding hydrogens is 344 g/mol. The maximum Gasteiger partial charge on any atom is 0.150 e. The summed E-state index contributed by atoms with van der Waals surface area (Å²) in [7, 11) is 0. The van der Waals surface area contributed by atoms with Crippen LogP contribution in [0.4, 0.5) is 14.5 Å². The summed E-state index contributed by atoms with van der Waals surface area (Å²) in [5.74, 6) is -1.06. The van der Waals surface area contributed by atoms with Crippen molar-refractivity contribution >= 4 is 24.1 Å². The Morgan fingerprint density at radius 3 is 1.78 bits per heavy atom. The highest BCUT2D eigenvalue weighted by molar-refractivity contribution is 5.77. The molecule has 0 aliphatic carbocycles. The molecule has 27 heavy (non-hydrogen) atoms. The number of unbranched alkanes of at least 4 members (excludes halogenated alkanes) is 2. The molecule has 0 saturated heterocycles. The first kappa shape index (κ1) is 20.8. The highest BCUT2D eigenvalue weighted by Crippen LogP contribution is 2.27. The van der Waals surface area contributed by atoms with Crippen LogP contribution in [0.2, 0.25) is 0 Å². The first-order valence-electron chi connectivity index (χ1n) is 9.56. The Bertz CT molecular complexity index is 737. The van der Waals surface area contributed by atoms with Crippen LogP contribution in [0.1, 0.15) is 61.0 Å². The molecule has 0 aliphatic heterocycles. The number of nitrogens with zero attached hydrogens (tertiary/aromatic N) is 1. The maximum absolute atomic E-state index is 14.7. The summed E-state index contributed by atoms with van der Waals surface area (Å²) >= 11 is 0. The van der Waals surface area contributed by atoms with Gasteiger partial charge in [0, 0.05) is 18.7 Å². The quantitative estimate of drug-likeness (QED) is 0.358. The smallest absolute Gasteiger partial charge is 0.150 e. The molecule has 0 unspecified atom stereocenters. The lowest BCUT2D eigenvalue weighted by Gasteiger charge is -2.25. The van der Waals surface area contributed by atoms with Crippen molar-refractivity contribution in [3.8, 4) is 0 Å². The standard InChI is InChI=1S/C23H27F2NO/c1-3-5-13-26(14-6-4-2)23-21(24)15-20(16-22(23)25)12-9-18-7-10-19(17-27)11-8-18/h7-12,15-17H,3-6,13-14H2,1-2H3/b12-9+. The van der Waals surface area contributed by atoms with Gasteiger partial charge in [-0.25, -0.2) is 8.78 Å². The van der Waals surface area contributed by atoms with Gasteiger partial charge in [-0.3, -0.25) is 4.79 Å². The zero-order valence-electron chi connectivity index (χ0n) is 16.1. The minimum atomic E-state index is -0.529. The van der Waals surface area contributed by atoms with Crippen LogP contribution in [0, 0.1) is 11.6 Å². The van der Waals surface area contributed by atoms with Crippen LogP contribution in [0.3, 0.4) is 0 Å². The van der Waals surface area contributed by atoms with Gasteiger partial charge in [0.25, 0.3) is 0 Å². The Morgan fingerprint density at radius 2 is 1.30 bits per heavy atom. The van der Waals surface area contributed by atoms with Crippen molar-refractivity contribution in [2.24, 2.45) is 0 Å². The molecule has 0 fully saturated rings. The zero-order chi connectivity index (χ0) is 19.6. The minimum absolute atomic E-state index is 0.0735. The SMILES string of the molecule is CCCCN(CCCC)c1c(F)cc(/C=C/c2ccc(C=O)cc2)cc1F. The molecule has 4 heteroatoms. The number of rotatable bonds is 10. The van der Waals surface area contributed by atoms with Gasteiger partial charge in [-0.1, -0.05) is 63.1 Å². The van der Waals surface area contributed by atoms with Crippen LogP contribution in [-0.2, 0) is 0 Å². The predicted octanol–water partition coefficient (Wildman–Crippen LogP) is 6.35. The van der Waals surface area contributed by atoms with Crippen molar-refractivity contribution in [1.82, 2.24) is 0 Å². The number of carbonyl (C=O) groups excluding carboxylic acids is 1. The van der Waals surface area contributed by atoms with E-state index >= 15 is 0 Å². The van der Waals surface area contributed by atoms with Crippen molar-refractivity contribution in [2.45, 2.75) is 39.5 Å². The molecule has 0 N–H and O–H groups in total. The normalized spacial score (nSPS) is 11.1. The second-order valence-corrected chi connectivity index (χ2v) is 6.65. The average Bonchev–Trinajstić information content (AvgIpc) is 2.67. The van der Waals surface area contributed by atoms with Gasteiger partial charge in [0.05, 0.1) is 0 Å². The summed E-state index contributed by atoms with van der Waals surface area (Å²) in [4.78, 5) is 12.5. The topological polar surface area (TPSA) is 20.3 Å². The molecule has 0 spiro atoms. The fourth-order valence-electron chi connectivity index (χ4n) is 2.89. The number of carbonyl (C=O) groups is 1. The van der Waals surface area contributed by atoms with Crippen molar-refractivity contribution in [3.63, 3.8) is 0 Å². The monoisotopic (exact) mass is 371 g/mol. The van der Waals surface area contributed by atoms with E-state index in [0.717, 1.165) is 37.5 Å². The molecule has 2 nitrogen and oxygen atoms in total. The Hall–Kier alpha value is -2.49. The van der Waals surface area contributed by atoms with Crippen LogP contribution in [0.5, 0.6) is 0 Å². The molecule has 0 heterocycles. The predicted molar refractivity (Wildman–Crippen MR) is 109 cm³/mol. The molecule has 0 atom stereocenters. The van der Waals surface area contributed by atoms with E-state index in [2.05, 4.69) is 13.8 Å². The first-order valence-corrected chi connectivity index (χ1v) is 9.56. The zero-order valence-corrected chi connectivity index (χ0v) is 16.1. The number of hydrogen-bond acceptors (Lipinski definition) is 2. The number of anilines is 1. The van der Waals surface area contributed by atoms with Crippen molar-refractivity contribution in [1.29, 1.82) is 0 Å². The largest absolute Gasteiger partial charge is 0.367 e. The summed E-state index contributed by atoms with van der Waals surface area (Å²) in [5.41, 5.74) is 1.99. The van der Waals surface area contributed by atoms with E-state index in [9.17, 15) is 13.6 Å². The van der Waals surface area contributed by atoms with Crippen molar-refractivity contribution < 1.29 is 13.6 Å². The molecule has 0 bridgehead atoms. The van der Waals surface area contributed by atoms with E-state index in [0.29, 0.717) is 24.2 Å². The summed E-state index contributed by atoms with van der Waals surface area (Å²) in [6, 6.07) is 9.74. The summed E-state index contributed by atoms with van der Waals surface area (Å²) in [6.07, 6.45) is 8.00. The second-order valence-electron chi connectivity index (χ2n) is 6.65. The molecule has 2 aromatic rings. The van der Waals surface area contributed by atoms with E-state index < -0.39 is 11.6 Å². The number of aldehydes is 1. The highest BCUT2D eigenvalue weighted by atomic mass is 19.1. The van der Waals surface area contributed by atoms with Gasteiger partial charge in [-0.05, 0) is 36.1 Å². The molecule has 0 amide bonds. The second kappa shape index (κ2) is 10.6. The summed E-state index contributed by atoms with van der Waals surface area (Å²) in [5, 5.41) is 0. The van der Waals surface area contributed by atoms with Crippen molar-refractivity contribution in [2.75, 3.05) is 18.0 Å². The fourth-order valence-corrected chi connectivity index (χ4v) is 2.89. The fraction of sp³-hybridized carbons (Fsp3) is 0.348. The molecule has 2 rings (SSSR count). The third-order valence-electron chi connectivity index (χ3n) is 4.46. The number of hydrogen-bond donors (Lipinski definition) is 0. The molecule has 0 radical (unpaired) electrons. The van der Waals surface area contributed by atoms with E-state index in [1.165, 1.54) is 12.1 Å². The lowest BCUT2D eigenvalue weighted by atomic mass is 10.1. The van der Waals surface area contributed by atoms with Gasteiger partial charge < -0.3 is 4.90 Å². The molecule has 144 valence electrons. The van der Waals surface area contributed by atoms with Gasteiger partial charge in [0.1, 0.15) is 23.6 Å². The molecule has 0 aliphatic rings. The van der Waals surface area contributed by atoms with Crippen LogP contribution >= 0.6 is 0 Å². The van der Waals surface area contributed by atoms with Crippen LogP contribution in [-0.4, -0.2) is 19.4 Å². The summed E-state index contributed by atoms with van der Waals surface area (Å²) in [6.45, 7) is 5.45. The van der Waals surface area contributed by atoms with Gasteiger partial charge >= 0.3 is 0 Å². The molecule has 2 aromatic carbocycles. The molecular formula is C23H27F2NO. The highest BCUT2D eigenvalue weighted by Gasteiger charge is 2.17. The summed E-state index contributed by atoms with van der Waals surface area (Å²) < 4.78 is 29.4. The number of halogens is 2. The minimum Gasteiger partial charge on any atom is -0.367 e. The van der Waals surface area contributed by atoms with Crippen LogP contribution in [0.25, 0.3) is 12.2 Å². The Balaban J connectivity index is 2.22. The van der Waals surface area contributed by atoms with Crippen molar-refractivity contribution in [3.05, 3.63) is 64.7 Å². The van der Waals surface area contributed by atoms with Gasteiger partial charge in [0.15, 0.2) is 0 Å². The van der Waals surface area contributed by atoms with Gasteiger partial charge in [0.2, 0.25) is 0 Å². The van der Waals surface area contributed by atoms with E-state index in [1.54, 1.807) is 36.4 Å². The lowest BCUT2D eigenvalue weighted by molar-refractivity contribution is 0.112. The Kier molecular flexibility index (Phi) is 8.18. The van der Waals surface area contributed by atoms with E-state index in [-0.39, 0.29) is 5.69 Å². The van der Waals surface area contributed by atoms with Crippen LogP contribution < -0.4 is 4.90 Å². The van der Waals surface area contributed by atoms with E-state index in [1.807, 2.05) is 4.90 Å². The number of benzene rings is 2. The van der Waals surface area contributed by atoms with Gasteiger partial charge in [-0.15, -0.1) is 0 Å². The average molecular weight is 371 g/mol.